The lowest BCUT2D eigenvalue weighted by molar-refractivity contribution is 0.0950. The molecule has 0 aliphatic heterocycles. The number of rotatable bonds is 7. The van der Waals surface area contributed by atoms with Gasteiger partial charge in [-0.15, -0.1) is 11.3 Å². The first-order valence-electron chi connectivity index (χ1n) is 10.0. The zero-order valence-electron chi connectivity index (χ0n) is 17.8. The predicted octanol–water partition coefficient (Wildman–Crippen LogP) is 4.39. The molecule has 0 saturated carbocycles. The number of amides is 2. The van der Waals surface area contributed by atoms with Crippen LogP contribution in [0.3, 0.4) is 0 Å². The molecule has 2 aromatic carbocycles. The van der Waals surface area contributed by atoms with Crippen molar-refractivity contribution in [1.82, 2.24) is 15.3 Å². The molecule has 8 heteroatoms. The number of nitrogens with zero attached hydrogens (tertiary/aromatic N) is 2. The Labute approximate surface area is 190 Å². The number of hydrogen-bond acceptors (Lipinski definition) is 5. The van der Waals surface area contributed by atoms with Gasteiger partial charge in [-0.1, -0.05) is 18.2 Å². The molecule has 7 nitrogen and oxygen atoms in total. The van der Waals surface area contributed by atoms with E-state index in [-0.39, 0.29) is 11.8 Å². The second kappa shape index (κ2) is 9.49. The fraction of sp³-hybridized carbons (Fsp3) is 0.125. The van der Waals surface area contributed by atoms with Crippen molar-refractivity contribution in [3.8, 4) is 10.6 Å². The van der Waals surface area contributed by atoms with Crippen molar-refractivity contribution in [2.24, 2.45) is 0 Å². The van der Waals surface area contributed by atoms with Crippen LogP contribution in [-0.4, -0.2) is 35.9 Å². The first-order valence-corrected chi connectivity index (χ1v) is 10.9. The lowest BCUT2D eigenvalue weighted by atomic mass is 10.1. The van der Waals surface area contributed by atoms with E-state index in [0.717, 1.165) is 21.8 Å². The molecule has 0 bridgehead atoms. The quantitative estimate of drug-likeness (QED) is 0.394. The number of nitrogens with one attached hydrogen (secondary N) is 3. The summed E-state index contributed by atoms with van der Waals surface area (Å²) in [5.74, 6) is -0.458. The number of carbonyl (C=O) groups is 2. The molecular weight excluding hydrogens is 422 g/mol. The molecule has 4 rings (SSSR count). The largest absolute Gasteiger partial charge is 0.377 e. The van der Waals surface area contributed by atoms with Gasteiger partial charge < -0.3 is 20.5 Å². The number of hydrogen-bond donors (Lipinski definition) is 3. The average Bonchev–Trinajstić information content (AvgIpc) is 3.52. The molecule has 0 spiro atoms. The highest BCUT2D eigenvalue weighted by Crippen LogP contribution is 2.25. The summed E-state index contributed by atoms with van der Waals surface area (Å²) >= 11 is 1.58. The Balaban J connectivity index is 1.50. The Hall–Kier alpha value is -3.91. The third-order valence-corrected chi connectivity index (χ3v) is 5.72. The SMILES string of the molecule is CN(C)c1ccc(NC(=O)c2cc[nH]c2)cc1C(=O)NCc1cccc(-c2nccs2)c1. The van der Waals surface area contributed by atoms with E-state index < -0.39 is 0 Å². The molecule has 0 atom stereocenters. The van der Waals surface area contributed by atoms with E-state index in [1.807, 2.05) is 54.7 Å². The highest BCUT2D eigenvalue weighted by atomic mass is 32.1. The van der Waals surface area contributed by atoms with Crippen LogP contribution < -0.4 is 15.5 Å². The highest BCUT2D eigenvalue weighted by molar-refractivity contribution is 7.13. The Morgan fingerprint density at radius 2 is 1.97 bits per heavy atom. The van der Waals surface area contributed by atoms with Gasteiger partial charge >= 0.3 is 0 Å². The molecule has 2 heterocycles. The van der Waals surface area contributed by atoms with Crippen LogP contribution in [-0.2, 0) is 6.54 Å². The molecule has 3 N–H and O–H groups in total. The summed E-state index contributed by atoms with van der Waals surface area (Å²) in [5, 5.41) is 8.71. The lowest BCUT2D eigenvalue weighted by Gasteiger charge is -2.18. The molecule has 0 unspecified atom stereocenters. The topological polar surface area (TPSA) is 90.1 Å². The number of carbonyl (C=O) groups excluding carboxylic acids is 2. The summed E-state index contributed by atoms with van der Waals surface area (Å²) in [6.45, 7) is 0.380. The van der Waals surface area contributed by atoms with Gasteiger partial charge in [-0.3, -0.25) is 9.59 Å². The summed E-state index contributed by atoms with van der Waals surface area (Å²) in [6, 6.07) is 15.0. The van der Waals surface area contributed by atoms with E-state index in [1.54, 1.807) is 48.1 Å². The smallest absolute Gasteiger partial charge is 0.257 e. The Kier molecular flexibility index (Phi) is 6.32. The fourth-order valence-electron chi connectivity index (χ4n) is 3.31. The van der Waals surface area contributed by atoms with E-state index in [4.69, 9.17) is 0 Å². The fourth-order valence-corrected chi connectivity index (χ4v) is 3.95. The Morgan fingerprint density at radius 1 is 1.09 bits per heavy atom. The van der Waals surface area contributed by atoms with E-state index in [2.05, 4.69) is 20.6 Å². The van der Waals surface area contributed by atoms with Gasteiger partial charge in [-0.05, 0) is 35.9 Å². The number of aromatic amines is 1. The first kappa shape index (κ1) is 21.3. The summed E-state index contributed by atoms with van der Waals surface area (Å²) < 4.78 is 0. The minimum atomic E-state index is -0.241. The maximum atomic E-state index is 13.1. The number of thiazole rings is 1. The van der Waals surface area contributed by atoms with Gasteiger partial charge in [-0.2, -0.15) is 0 Å². The number of benzene rings is 2. The van der Waals surface area contributed by atoms with Crippen LogP contribution in [0.1, 0.15) is 26.3 Å². The third kappa shape index (κ3) is 4.87. The van der Waals surface area contributed by atoms with Gasteiger partial charge in [-0.25, -0.2) is 4.98 Å². The maximum Gasteiger partial charge on any atom is 0.257 e. The third-order valence-electron chi connectivity index (χ3n) is 4.90. The van der Waals surface area contributed by atoms with E-state index in [0.29, 0.717) is 23.4 Å². The van der Waals surface area contributed by atoms with Gasteiger partial charge in [0, 0.05) is 61.5 Å². The van der Waals surface area contributed by atoms with Gasteiger partial charge in [0.15, 0.2) is 0 Å². The molecule has 2 amide bonds. The monoisotopic (exact) mass is 445 g/mol. The van der Waals surface area contributed by atoms with Crippen molar-refractivity contribution in [3.63, 3.8) is 0 Å². The zero-order valence-corrected chi connectivity index (χ0v) is 18.6. The van der Waals surface area contributed by atoms with Crippen LogP contribution >= 0.6 is 11.3 Å². The van der Waals surface area contributed by atoms with Gasteiger partial charge in [0.05, 0.1) is 11.1 Å². The number of aromatic nitrogens is 2. The molecule has 0 saturated heterocycles. The molecule has 0 aliphatic rings. The summed E-state index contributed by atoms with van der Waals surface area (Å²) in [4.78, 5) is 34.5. The second-order valence-electron chi connectivity index (χ2n) is 7.40. The minimum Gasteiger partial charge on any atom is -0.377 e. The Bertz CT molecular complexity index is 1220. The first-order chi connectivity index (χ1) is 15.5. The van der Waals surface area contributed by atoms with E-state index in [9.17, 15) is 9.59 Å². The van der Waals surface area contributed by atoms with Gasteiger partial charge in [0.25, 0.3) is 11.8 Å². The zero-order chi connectivity index (χ0) is 22.5. The van der Waals surface area contributed by atoms with Crippen LogP contribution in [0.4, 0.5) is 11.4 Å². The van der Waals surface area contributed by atoms with Crippen molar-refractivity contribution >= 4 is 34.5 Å². The van der Waals surface area contributed by atoms with Crippen LogP contribution in [0.5, 0.6) is 0 Å². The summed E-state index contributed by atoms with van der Waals surface area (Å²) in [7, 11) is 3.75. The van der Waals surface area contributed by atoms with Crippen molar-refractivity contribution in [2.45, 2.75) is 6.54 Å². The molecule has 0 radical (unpaired) electrons. The van der Waals surface area contributed by atoms with Crippen molar-refractivity contribution in [2.75, 3.05) is 24.3 Å². The molecule has 2 aromatic heterocycles. The molecule has 162 valence electrons. The molecule has 0 fully saturated rings. The van der Waals surface area contributed by atoms with Crippen LogP contribution in [0, 0.1) is 0 Å². The number of H-pyrrole nitrogens is 1. The predicted molar refractivity (Wildman–Crippen MR) is 128 cm³/mol. The van der Waals surface area contributed by atoms with Crippen molar-refractivity contribution in [3.05, 3.63) is 89.2 Å². The minimum absolute atomic E-state index is 0.217. The summed E-state index contributed by atoms with van der Waals surface area (Å²) in [5.41, 5.74) is 4.33. The standard InChI is InChI=1S/C24H23N5O2S/c1-29(2)21-7-6-19(28-22(30)18-8-9-25-15-18)13-20(21)23(31)27-14-16-4-3-5-17(12-16)24-26-10-11-32-24/h3-13,15,25H,14H2,1-2H3,(H,27,31)(H,28,30). The van der Waals surface area contributed by atoms with Gasteiger partial charge in [0.1, 0.15) is 5.01 Å². The molecular formula is C24H23N5O2S. The molecule has 32 heavy (non-hydrogen) atoms. The van der Waals surface area contributed by atoms with Crippen LogP contribution in [0.15, 0.2) is 72.5 Å². The summed E-state index contributed by atoms with van der Waals surface area (Å²) in [6.07, 6.45) is 5.09. The lowest BCUT2D eigenvalue weighted by Crippen LogP contribution is -2.25. The second-order valence-corrected chi connectivity index (χ2v) is 8.30. The molecule has 4 aromatic rings. The van der Waals surface area contributed by atoms with Crippen molar-refractivity contribution < 1.29 is 9.59 Å². The highest BCUT2D eigenvalue weighted by Gasteiger charge is 2.15. The van der Waals surface area contributed by atoms with Crippen molar-refractivity contribution in [1.29, 1.82) is 0 Å². The number of anilines is 2. The van der Waals surface area contributed by atoms with Crippen LogP contribution in [0.2, 0.25) is 0 Å². The normalized spacial score (nSPS) is 10.6. The molecule has 0 aliphatic carbocycles. The van der Waals surface area contributed by atoms with E-state index in [1.165, 1.54) is 0 Å². The van der Waals surface area contributed by atoms with Gasteiger partial charge in [0.2, 0.25) is 0 Å². The van der Waals surface area contributed by atoms with Crippen LogP contribution in [0.25, 0.3) is 10.6 Å². The average molecular weight is 446 g/mol. The Morgan fingerprint density at radius 3 is 2.69 bits per heavy atom. The van der Waals surface area contributed by atoms with E-state index >= 15 is 0 Å². The maximum absolute atomic E-state index is 13.1.